The number of alkyl halides is 3. The fraction of sp³-hybridized carbons (Fsp3) is 0.312. The standard InChI is InChI=1S/C16H13F3N2O4/c17-16(18,19)13(22)11-6-3-7-20(11)14(23)12-8-9-4-1-2-5-10(9)21(12)15(24)25/h1-2,4-5,8,11H,3,6-7H2,(H,24,25). The van der Waals surface area contributed by atoms with Crippen LogP contribution in [0.2, 0.25) is 0 Å². The average Bonchev–Trinajstić information content (AvgIpc) is 3.16. The number of nitrogens with zero attached hydrogens (tertiary/aromatic N) is 2. The number of carboxylic acid groups (broad SMARTS) is 1. The van der Waals surface area contributed by atoms with Crippen LogP contribution in [0.4, 0.5) is 18.0 Å². The van der Waals surface area contributed by atoms with E-state index >= 15 is 0 Å². The lowest BCUT2D eigenvalue weighted by Gasteiger charge is -2.24. The maximum atomic E-state index is 12.7. The molecule has 9 heteroatoms. The topological polar surface area (TPSA) is 79.6 Å². The zero-order chi connectivity index (χ0) is 18.4. The summed E-state index contributed by atoms with van der Waals surface area (Å²) in [5, 5.41) is 9.86. The van der Waals surface area contributed by atoms with Crippen molar-refractivity contribution in [3.63, 3.8) is 0 Å². The molecule has 0 spiro atoms. The lowest BCUT2D eigenvalue weighted by molar-refractivity contribution is -0.175. The predicted molar refractivity (Wildman–Crippen MR) is 80.5 cm³/mol. The van der Waals surface area contributed by atoms with Crippen LogP contribution in [0.25, 0.3) is 10.9 Å². The minimum absolute atomic E-state index is 0.0353. The molecule has 1 fully saturated rings. The molecule has 1 aromatic carbocycles. The molecule has 1 saturated heterocycles. The summed E-state index contributed by atoms with van der Waals surface area (Å²) in [5.41, 5.74) is -0.0354. The number of rotatable bonds is 2. The number of aromatic nitrogens is 1. The lowest BCUT2D eigenvalue weighted by atomic mass is 10.1. The third kappa shape index (κ3) is 2.86. The van der Waals surface area contributed by atoms with E-state index in [-0.39, 0.29) is 30.6 Å². The molecule has 2 heterocycles. The number of amides is 1. The summed E-state index contributed by atoms with van der Waals surface area (Å²) in [6.07, 6.45) is -6.34. The van der Waals surface area contributed by atoms with Crippen LogP contribution in [-0.4, -0.2) is 51.1 Å². The number of ketones is 1. The smallest absolute Gasteiger partial charge is 0.452 e. The SMILES string of the molecule is O=C(c1cc2ccccc2n1C(=O)O)N1CCCC1C(=O)C(F)(F)F. The van der Waals surface area contributed by atoms with Crippen molar-refractivity contribution in [3.05, 3.63) is 36.0 Å². The monoisotopic (exact) mass is 354 g/mol. The van der Waals surface area contributed by atoms with E-state index in [4.69, 9.17) is 0 Å². The molecule has 0 saturated carbocycles. The van der Waals surface area contributed by atoms with E-state index < -0.39 is 30.0 Å². The van der Waals surface area contributed by atoms with Gasteiger partial charge in [0.05, 0.1) is 5.52 Å². The van der Waals surface area contributed by atoms with Crippen LogP contribution in [0.3, 0.4) is 0 Å². The summed E-state index contributed by atoms with van der Waals surface area (Å²) in [6.45, 7) is -0.0353. The van der Waals surface area contributed by atoms with Gasteiger partial charge in [-0.15, -0.1) is 0 Å². The predicted octanol–water partition coefficient (Wildman–Crippen LogP) is 2.90. The molecule has 1 aromatic heterocycles. The van der Waals surface area contributed by atoms with Crippen molar-refractivity contribution in [3.8, 4) is 0 Å². The first-order valence-corrected chi connectivity index (χ1v) is 7.47. The second-order valence-electron chi connectivity index (χ2n) is 5.72. The third-order valence-electron chi connectivity index (χ3n) is 4.22. The molecule has 1 unspecified atom stereocenters. The summed E-state index contributed by atoms with van der Waals surface area (Å²) >= 11 is 0. The van der Waals surface area contributed by atoms with Crippen molar-refractivity contribution >= 4 is 28.7 Å². The summed E-state index contributed by atoms with van der Waals surface area (Å²) in [6, 6.07) is 6.00. The minimum atomic E-state index is -5.05. The van der Waals surface area contributed by atoms with Crippen LogP contribution in [0.1, 0.15) is 23.3 Å². The van der Waals surface area contributed by atoms with E-state index in [0.717, 1.165) is 9.47 Å². The highest BCUT2D eigenvalue weighted by Gasteiger charge is 2.48. The Morgan fingerprint density at radius 3 is 2.48 bits per heavy atom. The number of hydrogen-bond donors (Lipinski definition) is 1. The maximum absolute atomic E-state index is 12.7. The summed E-state index contributed by atoms with van der Waals surface area (Å²) < 4.78 is 38.9. The fourth-order valence-corrected chi connectivity index (χ4v) is 3.14. The van der Waals surface area contributed by atoms with Crippen molar-refractivity contribution in [2.24, 2.45) is 0 Å². The van der Waals surface area contributed by atoms with E-state index in [0.29, 0.717) is 5.39 Å². The van der Waals surface area contributed by atoms with Gasteiger partial charge in [0.2, 0.25) is 0 Å². The summed E-state index contributed by atoms with van der Waals surface area (Å²) in [5.74, 6) is -2.89. The Balaban J connectivity index is 2.03. The second kappa shape index (κ2) is 5.91. The summed E-state index contributed by atoms with van der Waals surface area (Å²) in [7, 11) is 0. The van der Waals surface area contributed by atoms with Gasteiger partial charge in [-0.1, -0.05) is 18.2 Å². The normalized spacial score (nSPS) is 17.9. The highest BCUT2D eigenvalue weighted by Crippen LogP contribution is 2.29. The van der Waals surface area contributed by atoms with Crippen molar-refractivity contribution in [1.29, 1.82) is 0 Å². The van der Waals surface area contributed by atoms with E-state index in [9.17, 15) is 32.7 Å². The van der Waals surface area contributed by atoms with Crippen LogP contribution in [-0.2, 0) is 4.79 Å². The molecule has 132 valence electrons. The number of carbonyl (C=O) groups is 3. The van der Waals surface area contributed by atoms with E-state index in [1.807, 2.05) is 0 Å². The number of hydrogen-bond acceptors (Lipinski definition) is 3. The van der Waals surface area contributed by atoms with Gasteiger partial charge in [0.25, 0.3) is 11.7 Å². The molecule has 3 rings (SSSR count). The molecule has 0 radical (unpaired) electrons. The first-order valence-electron chi connectivity index (χ1n) is 7.47. The van der Waals surface area contributed by atoms with E-state index in [1.54, 1.807) is 18.2 Å². The zero-order valence-corrected chi connectivity index (χ0v) is 12.8. The van der Waals surface area contributed by atoms with Crippen molar-refractivity contribution in [2.75, 3.05) is 6.54 Å². The van der Waals surface area contributed by atoms with E-state index in [1.165, 1.54) is 12.1 Å². The van der Waals surface area contributed by atoms with Gasteiger partial charge >= 0.3 is 12.3 Å². The van der Waals surface area contributed by atoms with E-state index in [2.05, 4.69) is 0 Å². The van der Waals surface area contributed by atoms with Gasteiger partial charge in [0.1, 0.15) is 11.7 Å². The Morgan fingerprint density at radius 2 is 1.84 bits per heavy atom. The van der Waals surface area contributed by atoms with Crippen LogP contribution >= 0.6 is 0 Å². The molecule has 1 N–H and O–H groups in total. The number of Topliss-reactive ketones (excluding diaryl/α,β-unsaturated/α-hetero) is 1. The molecule has 2 aromatic rings. The molecule has 1 atom stereocenters. The molecule has 0 aliphatic carbocycles. The van der Waals surface area contributed by atoms with Gasteiger partial charge < -0.3 is 10.0 Å². The Bertz CT molecular complexity index is 872. The maximum Gasteiger partial charge on any atom is 0.452 e. The Kier molecular flexibility index (Phi) is 4.02. The third-order valence-corrected chi connectivity index (χ3v) is 4.22. The van der Waals surface area contributed by atoms with Gasteiger partial charge in [-0.2, -0.15) is 13.2 Å². The molecule has 1 aliphatic heterocycles. The minimum Gasteiger partial charge on any atom is -0.464 e. The molecule has 1 aliphatic rings. The van der Waals surface area contributed by atoms with Gasteiger partial charge in [-0.25, -0.2) is 9.36 Å². The van der Waals surface area contributed by atoms with Crippen molar-refractivity contribution < 1.29 is 32.7 Å². The fourth-order valence-electron chi connectivity index (χ4n) is 3.14. The largest absolute Gasteiger partial charge is 0.464 e. The van der Waals surface area contributed by atoms with Gasteiger partial charge in [0, 0.05) is 11.9 Å². The van der Waals surface area contributed by atoms with Gasteiger partial charge in [0.15, 0.2) is 0 Å². The van der Waals surface area contributed by atoms with Crippen molar-refractivity contribution in [2.45, 2.75) is 25.1 Å². The molecule has 1 amide bonds. The lowest BCUT2D eigenvalue weighted by Crippen LogP contribution is -2.46. The number of halogens is 3. The molecule has 0 bridgehead atoms. The number of likely N-dealkylation sites (tertiary alicyclic amines) is 1. The quantitative estimate of drug-likeness (QED) is 0.899. The Hall–Kier alpha value is -2.84. The van der Waals surface area contributed by atoms with Crippen molar-refractivity contribution in [1.82, 2.24) is 9.47 Å². The second-order valence-corrected chi connectivity index (χ2v) is 5.72. The highest BCUT2D eigenvalue weighted by molar-refractivity contribution is 6.05. The first kappa shape index (κ1) is 17.0. The zero-order valence-electron chi connectivity index (χ0n) is 12.8. The highest BCUT2D eigenvalue weighted by atomic mass is 19.4. The number of fused-ring (bicyclic) bond motifs is 1. The first-order chi connectivity index (χ1) is 11.7. The van der Waals surface area contributed by atoms with Crippen LogP contribution < -0.4 is 0 Å². The Labute approximate surface area is 139 Å². The number of carbonyl (C=O) groups excluding carboxylic acids is 2. The molecule has 6 nitrogen and oxygen atoms in total. The van der Waals surface area contributed by atoms with Crippen LogP contribution in [0.15, 0.2) is 30.3 Å². The van der Waals surface area contributed by atoms with Gasteiger partial charge in [-0.3, -0.25) is 9.59 Å². The van der Waals surface area contributed by atoms with Crippen LogP contribution in [0.5, 0.6) is 0 Å². The number of para-hydroxylation sites is 1. The molecular formula is C16H13F3N2O4. The average molecular weight is 354 g/mol. The number of benzene rings is 1. The Morgan fingerprint density at radius 1 is 1.16 bits per heavy atom. The molecule has 25 heavy (non-hydrogen) atoms. The molecular weight excluding hydrogens is 341 g/mol. The van der Waals surface area contributed by atoms with Crippen LogP contribution in [0, 0.1) is 0 Å². The summed E-state index contributed by atoms with van der Waals surface area (Å²) in [4.78, 5) is 36.6. The van der Waals surface area contributed by atoms with Gasteiger partial charge in [-0.05, 0) is 25.0 Å².